The summed E-state index contributed by atoms with van der Waals surface area (Å²) in [5.74, 6) is 1.77. The molecule has 2 N–H and O–H groups in total. The van der Waals surface area contributed by atoms with Crippen LogP contribution in [0, 0.1) is 0 Å². The highest BCUT2D eigenvalue weighted by atomic mass is 16.5. The lowest BCUT2D eigenvalue weighted by molar-refractivity contribution is 0.194. The Hall–Kier alpha value is -1.22. The molecule has 0 heterocycles. The Morgan fingerprint density at radius 2 is 2.06 bits per heavy atom. The highest BCUT2D eigenvalue weighted by Crippen LogP contribution is 2.35. The van der Waals surface area contributed by atoms with Crippen LogP contribution in [0.3, 0.4) is 0 Å². The van der Waals surface area contributed by atoms with E-state index in [-0.39, 0.29) is 0 Å². The Bertz CT molecular complexity index is 349. The van der Waals surface area contributed by atoms with E-state index in [1.165, 1.54) is 12.8 Å². The van der Waals surface area contributed by atoms with Crippen LogP contribution in [0.25, 0.3) is 0 Å². The molecule has 0 bridgehead atoms. The zero-order valence-electron chi connectivity index (χ0n) is 11.2. The van der Waals surface area contributed by atoms with Crippen molar-refractivity contribution in [1.29, 1.82) is 0 Å². The summed E-state index contributed by atoms with van der Waals surface area (Å²) in [5, 5.41) is 0. The first kappa shape index (κ1) is 13.2. The van der Waals surface area contributed by atoms with Crippen LogP contribution in [-0.4, -0.2) is 19.3 Å². The van der Waals surface area contributed by atoms with Gasteiger partial charge in [0.2, 0.25) is 0 Å². The summed E-state index contributed by atoms with van der Waals surface area (Å²) < 4.78 is 11.8. The van der Waals surface area contributed by atoms with Crippen molar-refractivity contribution in [3.8, 4) is 11.5 Å². The molecule has 3 nitrogen and oxygen atoms in total. The van der Waals surface area contributed by atoms with Crippen molar-refractivity contribution in [2.75, 3.05) is 13.2 Å². The lowest BCUT2D eigenvalue weighted by Crippen LogP contribution is -2.14. The van der Waals surface area contributed by atoms with E-state index in [0.717, 1.165) is 36.3 Å². The lowest BCUT2D eigenvalue weighted by Gasteiger charge is -2.19. The molecule has 0 radical (unpaired) electrons. The average molecular weight is 249 g/mol. The normalized spacial score (nSPS) is 15.9. The number of nitrogens with two attached hydrogens (primary N) is 1. The van der Waals surface area contributed by atoms with Gasteiger partial charge < -0.3 is 15.2 Å². The quantitative estimate of drug-likeness (QED) is 0.843. The van der Waals surface area contributed by atoms with Gasteiger partial charge in [0.1, 0.15) is 0 Å². The number of rotatable bonds is 6. The SMILES string of the molecule is CCOc1cccc(CCN)c1OC1CCCC1. The Morgan fingerprint density at radius 3 is 2.72 bits per heavy atom. The summed E-state index contributed by atoms with van der Waals surface area (Å²) in [6, 6.07) is 6.07. The molecule has 18 heavy (non-hydrogen) atoms. The highest BCUT2D eigenvalue weighted by molar-refractivity contribution is 5.47. The van der Waals surface area contributed by atoms with Crippen LogP contribution in [0.2, 0.25) is 0 Å². The molecule has 100 valence electrons. The molecular weight excluding hydrogens is 226 g/mol. The van der Waals surface area contributed by atoms with E-state index in [9.17, 15) is 0 Å². The summed E-state index contributed by atoms with van der Waals surface area (Å²) in [6.07, 6.45) is 6.04. The molecule has 1 saturated carbocycles. The van der Waals surface area contributed by atoms with Crippen LogP contribution in [0.4, 0.5) is 0 Å². The van der Waals surface area contributed by atoms with E-state index in [0.29, 0.717) is 19.3 Å². The highest BCUT2D eigenvalue weighted by Gasteiger charge is 2.20. The van der Waals surface area contributed by atoms with E-state index in [4.69, 9.17) is 15.2 Å². The summed E-state index contributed by atoms with van der Waals surface area (Å²) in [6.45, 7) is 3.29. The second-order valence-corrected chi connectivity index (χ2v) is 4.74. The van der Waals surface area contributed by atoms with E-state index in [1.807, 2.05) is 19.1 Å². The number of ether oxygens (including phenoxy) is 2. The van der Waals surface area contributed by atoms with Crippen LogP contribution in [0.1, 0.15) is 38.2 Å². The summed E-state index contributed by atoms with van der Waals surface area (Å²) in [5.41, 5.74) is 6.83. The van der Waals surface area contributed by atoms with Gasteiger partial charge in [0.15, 0.2) is 11.5 Å². The van der Waals surface area contributed by atoms with Gasteiger partial charge in [0.25, 0.3) is 0 Å². The Labute approximate surface area is 109 Å². The minimum atomic E-state index is 0.350. The van der Waals surface area contributed by atoms with E-state index in [1.54, 1.807) is 0 Å². The second kappa shape index (κ2) is 6.64. The smallest absolute Gasteiger partial charge is 0.164 e. The van der Waals surface area contributed by atoms with Gasteiger partial charge in [-0.1, -0.05) is 12.1 Å². The standard InChI is InChI=1S/C15H23NO2/c1-2-17-14-9-5-6-12(10-11-16)15(14)18-13-7-3-4-8-13/h5-6,9,13H,2-4,7-8,10-11,16H2,1H3. The molecule has 0 amide bonds. The molecule has 1 aliphatic carbocycles. The van der Waals surface area contributed by atoms with Crippen molar-refractivity contribution >= 4 is 0 Å². The maximum absolute atomic E-state index is 6.16. The topological polar surface area (TPSA) is 44.5 Å². The Morgan fingerprint density at radius 1 is 1.28 bits per heavy atom. The van der Waals surface area contributed by atoms with Crippen molar-refractivity contribution in [2.24, 2.45) is 5.73 Å². The molecule has 0 aliphatic heterocycles. The van der Waals surface area contributed by atoms with Crippen LogP contribution >= 0.6 is 0 Å². The van der Waals surface area contributed by atoms with Gasteiger partial charge in [-0.25, -0.2) is 0 Å². The number of benzene rings is 1. The minimum Gasteiger partial charge on any atom is -0.490 e. The van der Waals surface area contributed by atoms with E-state index in [2.05, 4.69) is 6.07 Å². The van der Waals surface area contributed by atoms with Crippen molar-refractivity contribution in [3.05, 3.63) is 23.8 Å². The molecule has 0 atom stereocenters. The monoisotopic (exact) mass is 249 g/mol. The first-order valence-electron chi connectivity index (χ1n) is 6.96. The molecule has 3 heteroatoms. The molecule has 1 aliphatic rings. The number of hydrogen-bond acceptors (Lipinski definition) is 3. The first-order chi connectivity index (χ1) is 8.85. The largest absolute Gasteiger partial charge is 0.490 e. The Balaban J connectivity index is 2.20. The van der Waals surface area contributed by atoms with Gasteiger partial charge in [-0.2, -0.15) is 0 Å². The lowest BCUT2D eigenvalue weighted by atomic mass is 10.1. The molecule has 1 fully saturated rings. The summed E-state index contributed by atoms with van der Waals surface area (Å²) >= 11 is 0. The molecule has 0 saturated heterocycles. The third-order valence-electron chi connectivity index (χ3n) is 3.36. The zero-order chi connectivity index (χ0) is 12.8. The first-order valence-corrected chi connectivity index (χ1v) is 6.96. The average Bonchev–Trinajstić information content (AvgIpc) is 2.87. The van der Waals surface area contributed by atoms with Crippen LogP contribution < -0.4 is 15.2 Å². The Kier molecular flexibility index (Phi) is 4.88. The van der Waals surface area contributed by atoms with E-state index < -0.39 is 0 Å². The molecule has 0 unspecified atom stereocenters. The summed E-state index contributed by atoms with van der Waals surface area (Å²) in [7, 11) is 0. The molecule has 1 aromatic rings. The molecular formula is C15H23NO2. The van der Waals surface area contributed by atoms with Crippen LogP contribution in [-0.2, 0) is 6.42 Å². The van der Waals surface area contributed by atoms with Gasteiger partial charge >= 0.3 is 0 Å². The second-order valence-electron chi connectivity index (χ2n) is 4.74. The van der Waals surface area contributed by atoms with Gasteiger partial charge in [-0.05, 0) is 57.2 Å². The fraction of sp³-hybridized carbons (Fsp3) is 0.600. The van der Waals surface area contributed by atoms with Crippen LogP contribution in [0.5, 0.6) is 11.5 Å². The summed E-state index contributed by atoms with van der Waals surface area (Å²) in [4.78, 5) is 0. The fourth-order valence-electron chi connectivity index (χ4n) is 2.49. The third-order valence-corrected chi connectivity index (χ3v) is 3.36. The van der Waals surface area contributed by atoms with Gasteiger partial charge in [0.05, 0.1) is 12.7 Å². The van der Waals surface area contributed by atoms with Gasteiger partial charge in [-0.15, -0.1) is 0 Å². The number of para-hydroxylation sites is 1. The minimum absolute atomic E-state index is 0.350. The van der Waals surface area contributed by atoms with Crippen molar-refractivity contribution in [3.63, 3.8) is 0 Å². The van der Waals surface area contributed by atoms with Crippen LogP contribution in [0.15, 0.2) is 18.2 Å². The maximum Gasteiger partial charge on any atom is 0.164 e. The molecule has 0 spiro atoms. The molecule has 1 aromatic carbocycles. The molecule has 0 aromatic heterocycles. The third kappa shape index (κ3) is 3.16. The maximum atomic E-state index is 6.16. The number of hydrogen-bond donors (Lipinski definition) is 1. The predicted molar refractivity (Wildman–Crippen MR) is 73.3 cm³/mol. The fourth-order valence-corrected chi connectivity index (χ4v) is 2.49. The zero-order valence-corrected chi connectivity index (χ0v) is 11.2. The van der Waals surface area contributed by atoms with Gasteiger partial charge in [0, 0.05) is 0 Å². The molecule has 2 rings (SSSR count). The van der Waals surface area contributed by atoms with Crippen molar-refractivity contribution in [2.45, 2.75) is 45.1 Å². The predicted octanol–water partition coefficient (Wildman–Crippen LogP) is 2.91. The van der Waals surface area contributed by atoms with E-state index >= 15 is 0 Å². The van der Waals surface area contributed by atoms with Crippen molar-refractivity contribution < 1.29 is 9.47 Å². The van der Waals surface area contributed by atoms with Gasteiger partial charge in [-0.3, -0.25) is 0 Å². The van der Waals surface area contributed by atoms with Crippen molar-refractivity contribution in [1.82, 2.24) is 0 Å².